The van der Waals surface area contributed by atoms with Crippen LogP contribution in [0.15, 0.2) is 53.7 Å². The minimum atomic E-state index is -0.627. The molecule has 0 radical (unpaired) electrons. The van der Waals surface area contributed by atoms with Crippen LogP contribution in [-0.4, -0.2) is 25.7 Å². The fourth-order valence-electron chi connectivity index (χ4n) is 3.29. The molecule has 2 aromatic rings. The molecule has 1 aliphatic heterocycles. The summed E-state index contributed by atoms with van der Waals surface area (Å²) in [5.41, 5.74) is 3.31. The normalized spacial score (nSPS) is 16.0. The number of carbonyl (C=O) groups excluding carboxylic acids is 2. The van der Waals surface area contributed by atoms with Crippen molar-refractivity contribution in [2.75, 3.05) is 19.0 Å². The van der Waals surface area contributed by atoms with Crippen LogP contribution in [0.1, 0.15) is 31.0 Å². The molecule has 2 aromatic carbocycles. The Labute approximate surface area is 170 Å². The summed E-state index contributed by atoms with van der Waals surface area (Å²) in [6.45, 7) is 6.03. The van der Waals surface area contributed by atoms with E-state index in [-0.39, 0.29) is 11.9 Å². The van der Waals surface area contributed by atoms with Crippen molar-refractivity contribution in [2.24, 2.45) is 0 Å². The Hall–Kier alpha value is -3.48. The molecule has 7 nitrogen and oxygen atoms in total. The van der Waals surface area contributed by atoms with Crippen molar-refractivity contribution in [3.05, 3.63) is 64.9 Å². The first-order valence-corrected chi connectivity index (χ1v) is 9.40. The van der Waals surface area contributed by atoms with Crippen LogP contribution in [0.2, 0.25) is 0 Å². The Morgan fingerprint density at radius 1 is 1.14 bits per heavy atom. The second-order valence-electron chi connectivity index (χ2n) is 6.68. The molecule has 0 spiro atoms. The van der Waals surface area contributed by atoms with E-state index < -0.39 is 6.04 Å². The third-order valence-electron chi connectivity index (χ3n) is 4.73. The number of urea groups is 1. The highest BCUT2D eigenvalue weighted by molar-refractivity contribution is 6.07. The number of nitrogens with one attached hydrogen (secondary N) is 3. The lowest BCUT2D eigenvalue weighted by Crippen LogP contribution is -2.46. The highest BCUT2D eigenvalue weighted by Crippen LogP contribution is 2.34. The van der Waals surface area contributed by atoms with Crippen LogP contribution in [-0.2, 0) is 4.79 Å². The van der Waals surface area contributed by atoms with Gasteiger partial charge >= 0.3 is 6.03 Å². The van der Waals surface area contributed by atoms with Gasteiger partial charge in [-0.25, -0.2) is 4.79 Å². The molecule has 3 rings (SSSR count). The lowest BCUT2D eigenvalue weighted by molar-refractivity contribution is -0.113. The van der Waals surface area contributed by atoms with Crippen LogP contribution >= 0.6 is 0 Å². The van der Waals surface area contributed by atoms with Crippen LogP contribution in [0.25, 0.3) is 0 Å². The van der Waals surface area contributed by atoms with Gasteiger partial charge in [0.2, 0.25) is 0 Å². The Bertz CT molecular complexity index is 968. The Morgan fingerprint density at radius 3 is 2.59 bits per heavy atom. The van der Waals surface area contributed by atoms with Crippen molar-refractivity contribution in [3.8, 4) is 11.5 Å². The van der Waals surface area contributed by atoms with Gasteiger partial charge in [0.05, 0.1) is 25.3 Å². The molecule has 3 N–H and O–H groups in total. The summed E-state index contributed by atoms with van der Waals surface area (Å²) in [6.07, 6.45) is 0. The number of carbonyl (C=O) groups is 2. The highest BCUT2D eigenvalue weighted by Gasteiger charge is 2.32. The van der Waals surface area contributed by atoms with Gasteiger partial charge in [-0.05, 0) is 50.1 Å². The van der Waals surface area contributed by atoms with E-state index in [0.717, 1.165) is 16.8 Å². The molecule has 0 aromatic heterocycles. The number of allylic oxidation sites excluding steroid dienone is 1. The summed E-state index contributed by atoms with van der Waals surface area (Å²) in [5, 5.41) is 8.46. The van der Waals surface area contributed by atoms with Gasteiger partial charge in [-0.3, -0.25) is 4.79 Å². The number of ether oxygens (including phenoxy) is 2. The average Bonchev–Trinajstić information content (AvgIpc) is 2.69. The van der Waals surface area contributed by atoms with E-state index in [1.807, 2.05) is 44.2 Å². The predicted molar refractivity (Wildman–Crippen MR) is 111 cm³/mol. The topological polar surface area (TPSA) is 88.7 Å². The first-order chi connectivity index (χ1) is 13.9. The van der Waals surface area contributed by atoms with E-state index in [0.29, 0.717) is 29.4 Å². The van der Waals surface area contributed by atoms with Gasteiger partial charge in [0.25, 0.3) is 5.91 Å². The number of aryl methyl sites for hydroxylation is 1. The molecular formula is C22H25N3O4. The van der Waals surface area contributed by atoms with Gasteiger partial charge < -0.3 is 25.4 Å². The summed E-state index contributed by atoms with van der Waals surface area (Å²) in [4.78, 5) is 25.2. The average molecular weight is 395 g/mol. The summed E-state index contributed by atoms with van der Waals surface area (Å²) >= 11 is 0. The quantitative estimate of drug-likeness (QED) is 0.696. The lowest BCUT2D eigenvalue weighted by atomic mass is 9.94. The van der Waals surface area contributed by atoms with E-state index in [1.54, 1.807) is 26.2 Å². The number of hydrogen-bond donors (Lipinski definition) is 3. The van der Waals surface area contributed by atoms with Crippen LogP contribution in [0, 0.1) is 6.92 Å². The lowest BCUT2D eigenvalue weighted by Gasteiger charge is -2.29. The Morgan fingerprint density at radius 2 is 1.90 bits per heavy atom. The number of hydrogen-bond acceptors (Lipinski definition) is 4. The second-order valence-corrected chi connectivity index (χ2v) is 6.68. The van der Waals surface area contributed by atoms with Crippen LogP contribution < -0.4 is 25.4 Å². The first-order valence-electron chi connectivity index (χ1n) is 9.40. The maximum absolute atomic E-state index is 13.1. The van der Waals surface area contributed by atoms with Crippen molar-refractivity contribution < 1.29 is 19.1 Å². The van der Waals surface area contributed by atoms with Gasteiger partial charge in [0, 0.05) is 11.4 Å². The molecule has 3 amide bonds. The number of anilines is 1. The molecule has 0 aliphatic carbocycles. The number of amides is 3. The maximum Gasteiger partial charge on any atom is 0.319 e. The summed E-state index contributed by atoms with van der Waals surface area (Å²) in [6, 6.07) is 11.9. The van der Waals surface area contributed by atoms with Gasteiger partial charge in [-0.15, -0.1) is 0 Å². The molecule has 0 saturated carbocycles. The molecular weight excluding hydrogens is 370 g/mol. The zero-order valence-electron chi connectivity index (χ0n) is 17.0. The molecule has 29 heavy (non-hydrogen) atoms. The first kappa shape index (κ1) is 20.3. The molecule has 0 fully saturated rings. The molecule has 1 heterocycles. The third kappa shape index (κ3) is 4.34. The molecule has 152 valence electrons. The molecule has 0 saturated heterocycles. The van der Waals surface area contributed by atoms with Crippen molar-refractivity contribution in [3.63, 3.8) is 0 Å². The standard InChI is InChI=1S/C22H25N3O4/c1-5-29-17-11-10-15(12-18(17)28-4)20-19(14(3)23-22(27)25-20)21(26)24-16-9-7-6-8-13(16)2/h6-12,20H,5H2,1-4H3,(H,24,26)(H2,23,25,27). The van der Waals surface area contributed by atoms with Gasteiger partial charge in [0.15, 0.2) is 11.5 Å². The largest absolute Gasteiger partial charge is 0.493 e. The zero-order chi connectivity index (χ0) is 21.0. The maximum atomic E-state index is 13.1. The zero-order valence-corrected chi connectivity index (χ0v) is 17.0. The van der Waals surface area contributed by atoms with Gasteiger partial charge in [-0.1, -0.05) is 24.3 Å². The van der Waals surface area contributed by atoms with Crippen molar-refractivity contribution in [1.82, 2.24) is 10.6 Å². The number of rotatable bonds is 6. The molecule has 7 heteroatoms. The fraction of sp³-hybridized carbons (Fsp3) is 0.273. The SMILES string of the molecule is CCOc1ccc(C2NC(=O)NC(C)=C2C(=O)Nc2ccccc2C)cc1OC. The Balaban J connectivity index is 1.98. The second kappa shape index (κ2) is 8.68. The van der Waals surface area contributed by atoms with E-state index in [9.17, 15) is 9.59 Å². The van der Waals surface area contributed by atoms with Crippen LogP contribution in [0.4, 0.5) is 10.5 Å². The number of methoxy groups -OCH3 is 1. The summed E-state index contributed by atoms with van der Waals surface area (Å²) in [5.74, 6) is 0.848. The van der Waals surface area contributed by atoms with E-state index in [2.05, 4.69) is 16.0 Å². The summed E-state index contributed by atoms with van der Waals surface area (Å²) < 4.78 is 11.0. The third-order valence-corrected chi connectivity index (χ3v) is 4.73. The number of para-hydroxylation sites is 1. The van der Waals surface area contributed by atoms with Crippen molar-refractivity contribution in [1.29, 1.82) is 0 Å². The van der Waals surface area contributed by atoms with Crippen molar-refractivity contribution in [2.45, 2.75) is 26.8 Å². The summed E-state index contributed by atoms with van der Waals surface area (Å²) in [7, 11) is 1.55. The minimum Gasteiger partial charge on any atom is -0.493 e. The smallest absolute Gasteiger partial charge is 0.319 e. The number of benzene rings is 2. The van der Waals surface area contributed by atoms with Crippen molar-refractivity contribution >= 4 is 17.6 Å². The molecule has 1 atom stereocenters. The van der Waals surface area contributed by atoms with Crippen LogP contribution in [0.5, 0.6) is 11.5 Å². The van der Waals surface area contributed by atoms with E-state index in [1.165, 1.54) is 0 Å². The molecule has 1 aliphatic rings. The van der Waals surface area contributed by atoms with E-state index >= 15 is 0 Å². The van der Waals surface area contributed by atoms with E-state index in [4.69, 9.17) is 9.47 Å². The minimum absolute atomic E-state index is 0.290. The fourth-order valence-corrected chi connectivity index (χ4v) is 3.29. The van der Waals surface area contributed by atoms with Crippen LogP contribution in [0.3, 0.4) is 0 Å². The molecule has 1 unspecified atom stereocenters. The predicted octanol–water partition coefficient (Wildman–Crippen LogP) is 3.67. The highest BCUT2D eigenvalue weighted by atomic mass is 16.5. The Kier molecular flexibility index (Phi) is 6.07. The van der Waals surface area contributed by atoms with Gasteiger partial charge in [-0.2, -0.15) is 0 Å². The molecule has 0 bridgehead atoms. The van der Waals surface area contributed by atoms with Gasteiger partial charge in [0.1, 0.15) is 0 Å². The monoisotopic (exact) mass is 395 g/mol.